The van der Waals surface area contributed by atoms with Crippen LogP contribution in [0.5, 0.6) is 0 Å². The van der Waals surface area contributed by atoms with Crippen molar-refractivity contribution in [2.45, 2.75) is 12.8 Å². The summed E-state index contributed by atoms with van der Waals surface area (Å²) in [6.07, 6.45) is 1.37. The van der Waals surface area contributed by atoms with Gasteiger partial charge in [0.2, 0.25) is 0 Å². The largest absolute Gasteiger partial charge is 0.476 e. The highest BCUT2D eigenvalue weighted by atomic mass is 16.4. The van der Waals surface area contributed by atoms with E-state index < -0.39 is 5.97 Å². The van der Waals surface area contributed by atoms with Crippen LogP contribution < -0.4 is 0 Å². The van der Waals surface area contributed by atoms with E-state index in [0.717, 1.165) is 28.8 Å². The molecule has 1 aromatic carbocycles. The van der Waals surface area contributed by atoms with E-state index in [0.29, 0.717) is 12.0 Å². The first-order valence-electron chi connectivity index (χ1n) is 5.54. The van der Waals surface area contributed by atoms with Gasteiger partial charge in [-0.1, -0.05) is 6.07 Å². The van der Waals surface area contributed by atoms with E-state index in [1.165, 1.54) is 0 Å². The van der Waals surface area contributed by atoms with Crippen molar-refractivity contribution in [2.24, 2.45) is 0 Å². The highest BCUT2D eigenvalue weighted by molar-refractivity contribution is 5.90. The third-order valence-corrected chi connectivity index (χ3v) is 3.22. The number of nitriles is 1. The topological polar surface area (TPSA) is 89.8 Å². The Morgan fingerprint density at radius 1 is 1.44 bits per heavy atom. The van der Waals surface area contributed by atoms with Crippen molar-refractivity contribution in [2.75, 3.05) is 0 Å². The molecule has 1 aliphatic carbocycles. The van der Waals surface area contributed by atoms with Crippen molar-refractivity contribution < 1.29 is 9.90 Å². The van der Waals surface area contributed by atoms with Crippen molar-refractivity contribution in [3.63, 3.8) is 0 Å². The molecule has 1 heterocycles. The molecule has 0 amide bonds. The van der Waals surface area contributed by atoms with E-state index >= 15 is 0 Å². The molecule has 5 heteroatoms. The molecule has 2 N–H and O–H groups in total. The minimum absolute atomic E-state index is 0.0972. The molecular formula is C13H9N3O2. The summed E-state index contributed by atoms with van der Waals surface area (Å²) in [5.74, 6) is -1.01. The Morgan fingerprint density at radius 3 is 3.00 bits per heavy atom. The lowest BCUT2D eigenvalue weighted by Gasteiger charge is -2.16. The van der Waals surface area contributed by atoms with Crippen LogP contribution in [0.2, 0.25) is 0 Å². The van der Waals surface area contributed by atoms with E-state index in [1.54, 1.807) is 6.07 Å². The SMILES string of the molecule is N#Cc1ccc2c(c1)CCc1c(C(=O)O)n[nH]c1-2. The molecule has 0 bridgehead atoms. The summed E-state index contributed by atoms with van der Waals surface area (Å²) >= 11 is 0. The van der Waals surface area contributed by atoms with Gasteiger partial charge in [-0.25, -0.2) is 4.79 Å². The van der Waals surface area contributed by atoms with Crippen molar-refractivity contribution in [3.05, 3.63) is 40.6 Å². The molecular weight excluding hydrogens is 230 g/mol. The first-order valence-corrected chi connectivity index (χ1v) is 5.54. The number of carboxylic acids is 1. The highest BCUT2D eigenvalue weighted by Gasteiger charge is 2.24. The van der Waals surface area contributed by atoms with Gasteiger partial charge in [-0.05, 0) is 30.5 Å². The maximum atomic E-state index is 11.0. The molecule has 88 valence electrons. The van der Waals surface area contributed by atoms with Crippen molar-refractivity contribution in [1.82, 2.24) is 10.2 Å². The van der Waals surface area contributed by atoms with Crippen LogP contribution in [-0.2, 0) is 12.8 Å². The second-order valence-electron chi connectivity index (χ2n) is 4.21. The van der Waals surface area contributed by atoms with Crippen LogP contribution in [0.15, 0.2) is 18.2 Å². The van der Waals surface area contributed by atoms with E-state index in [-0.39, 0.29) is 5.69 Å². The van der Waals surface area contributed by atoms with Gasteiger partial charge in [0.15, 0.2) is 5.69 Å². The molecule has 18 heavy (non-hydrogen) atoms. The van der Waals surface area contributed by atoms with Crippen LogP contribution in [0, 0.1) is 11.3 Å². The number of carboxylic acid groups (broad SMARTS) is 1. The molecule has 0 radical (unpaired) electrons. The Balaban J connectivity index is 2.19. The van der Waals surface area contributed by atoms with Gasteiger partial charge in [0.1, 0.15) is 0 Å². The summed E-state index contributed by atoms with van der Waals surface area (Å²) in [6, 6.07) is 7.53. The highest BCUT2D eigenvalue weighted by Crippen LogP contribution is 2.33. The standard InChI is InChI=1S/C13H9N3O2/c14-6-7-1-3-9-8(5-7)2-4-10-11(9)15-16-12(10)13(17)18/h1,3,5H,2,4H2,(H,15,16)(H,17,18). The van der Waals surface area contributed by atoms with Gasteiger partial charge in [-0.15, -0.1) is 0 Å². The minimum Gasteiger partial charge on any atom is -0.476 e. The number of aromatic amines is 1. The second-order valence-corrected chi connectivity index (χ2v) is 4.21. The van der Waals surface area contributed by atoms with Crippen LogP contribution in [0.3, 0.4) is 0 Å². The van der Waals surface area contributed by atoms with E-state index in [1.807, 2.05) is 12.1 Å². The minimum atomic E-state index is -1.01. The number of fused-ring (bicyclic) bond motifs is 3. The number of nitrogens with zero attached hydrogens (tertiary/aromatic N) is 2. The molecule has 3 rings (SSSR count). The molecule has 1 aromatic heterocycles. The van der Waals surface area contributed by atoms with Crippen LogP contribution in [0.25, 0.3) is 11.3 Å². The lowest BCUT2D eigenvalue weighted by atomic mass is 9.88. The molecule has 0 saturated heterocycles. The van der Waals surface area contributed by atoms with Crippen molar-refractivity contribution in [1.29, 1.82) is 5.26 Å². The summed E-state index contributed by atoms with van der Waals surface area (Å²) < 4.78 is 0. The van der Waals surface area contributed by atoms with Gasteiger partial charge >= 0.3 is 5.97 Å². The molecule has 0 saturated carbocycles. The predicted octanol–water partition coefficient (Wildman–Crippen LogP) is 1.75. The lowest BCUT2D eigenvalue weighted by molar-refractivity contribution is 0.0689. The van der Waals surface area contributed by atoms with Gasteiger partial charge in [0.25, 0.3) is 0 Å². The maximum absolute atomic E-state index is 11.0. The van der Waals surface area contributed by atoms with Gasteiger partial charge in [-0.3, -0.25) is 5.10 Å². The van der Waals surface area contributed by atoms with E-state index in [4.69, 9.17) is 10.4 Å². The normalized spacial score (nSPS) is 12.4. The average Bonchev–Trinajstić information content (AvgIpc) is 2.82. The van der Waals surface area contributed by atoms with Gasteiger partial charge in [0.05, 0.1) is 17.3 Å². The smallest absolute Gasteiger partial charge is 0.356 e. The monoisotopic (exact) mass is 239 g/mol. The van der Waals surface area contributed by atoms with Crippen LogP contribution >= 0.6 is 0 Å². The maximum Gasteiger partial charge on any atom is 0.356 e. The van der Waals surface area contributed by atoms with Crippen LogP contribution in [0.1, 0.15) is 27.2 Å². The Labute approximate surface area is 103 Å². The number of aromatic nitrogens is 2. The zero-order chi connectivity index (χ0) is 12.7. The third kappa shape index (κ3) is 1.39. The van der Waals surface area contributed by atoms with Gasteiger partial charge in [-0.2, -0.15) is 10.4 Å². The number of nitrogens with one attached hydrogen (secondary N) is 1. The lowest BCUT2D eigenvalue weighted by Crippen LogP contribution is -2.07. The predicted molar refractivity (Wildman–Crippen MR) is 63.1 cm³/mol. The summed E-state index contributed by atoms with van der Waals surface area (Å²) in [6.45, 7) is 0. The number of H-pyrrole nitrogens is 1. The summed E-state index contributed by atoms with van der Waals surface area (Å²) in [5, 5.41) is 24.5. The molecule has 0 aliphatic heterocycles. The summed E-state index contributed by atoms with van der Waals surface area (Å²) in [5.41, 5.74) is 4.23. The van der Waals surface area contributed by atoms with Crippen molar-refractivity contribution >= 4 is 5.97 Å². The van der Waals surface area contributed by atoms with Crippen molar-refractivity contribution in [3.8, 4) is 17.3 Å². The first-order chi connectivity index (χ1) is 8.70. The fourth-order valence-corrected chi connectivity index (χ4v) is 2.38. The van der Waals surface area contributed by atoms with E-state index in [9.17, 15) is 4.79 Å². The molecule has 0 atom stereocenters. The Kier molecular flexibility index (Phi) is 2.17. The third-order valence-electron chi connectivity index (χ3n) is 3.22. The fourth-order valence-electron chi connectivity index (χ4n) is 2.38. The number of hydrogen-bond donors (Lipinski definition) is 2. The van der Waals surface area contributed by atoms with E-state index in [2.05, 4.69) is 16.3 Å². The Morgan fingerprint density at radius 2 is 2.28 bits per heavy atom. The van der Waals surface area contributed by atoms with Gasteiger partial charge in [0, 0.05) is 11.1 Å². The second kappa shape index (κ2) is 3.70. The number of benzene rings is 1. The zero-order valence-electron chi connectivity index (χ0n) is 9.40. The quantitative estimate of drug-likeness (QED) is 0.793. The zero-order valence-corrected chi connectivity index (χ0v) is 9.40. The first kappa shape index (κ1) is 10.5. The molecule has 2 aromatic rings. The fraction of sp³-hybridized carbons (Fsp3) is 0.154. The molecule has 0 fully saturated rings. The number of hydrogen-bond acceptors (Lipinski definition) is 3. The number of rotatable bonds is 1. The average molecular weight is 239 g/mol. The molecule has 0 spiro atoms. The van der Waals surface area contributed by atoms with Gasteiger partial charge < -0.3 is 5.11 Å². The van der Waals surface area contributed by atoms with Crippen LogP contribution in [0.4, 0.5) is 0 Å². The number of aryl methyl sites for hydroxylation is 1. The molecule has 1 aliphatic rings. The number of carbonyl (C=O) groups is 1. The number of aromatic carboxylic acids is 1. The van der Waals surface area contributed by atoms with Crippen LogP contribution in [-0.4, -0.2) is 21.3 Å². The summed E-state index contributed by atoms with van der Waals surface area (Å²) in [4.78, 5) is 11.0. The Hall–Kier alpha value is -2.61. The molecule has 5 nitrogen and oxygen atoms in total. The summed E-state index contributed by atoms with van der Waals surface area (Å²) in [7, 11) is 0. The molecule has 0 unspecified atom stereocenters. The Bertz CT molecular complexity index is 695.